The minimum absolute atomic E-state index is 0.247. The van der Waals surface area contributed by atoms with Crippen LogP contribution in [0.15, 0.2) is 89.7 Å². The Hall–Kier alpha value is -4.56. The van der Waals surface area contributed by atoms with Crippen LogP contribution in [0.25, 0.3) is 27.5 Å². The number of nitrogens with zero attached hydrogens (tertiary/aromatic N) is 3. The Morgan fingerprint density at radius 1 is 0.917 bits per heavy atom. The van der Waals surface area contributed by atoms with Crippen LogP contribution in [0.1, 0.15) is 20.9 Å². The first-order valence-corrected chi connectivity index (χ1v) is 12.1. The zero-order chi connectivity index (χ0) is 25.2. The van der Waals surface area contributed by atoms with Crippen molar-refractivity contribution in [3.63, 3.8) is 0 Å². The van der Waals surface area contributed by atoms with Crippen LogP contribution >= 0.6 is 11.3 Å². The molecule has 7 nitrogen and oxygen atoms in total. The van der Waals surface area contributed by atoms with Gasteiger partial charge in [0, 0.05) is 27.8 Å². The molecule has 0 fully saturated rings. The van der Waals surface area contributed by atoms with Crippen LogP contribution in [-0.4, -0.2) is 25.8 Å². The van der Waals surface area contributed by atoms with Crippen LogP contribution in [0.4, 0.5) is 5.69 Å². The Morgan fingerprint density at radius 2 is 1.67 bits per heavy atom. The fourth-order valence-corrected chi connectivity index (χ4v) is 4.76. The third-order valence-electron chi connectivity index (χ3n) is 5.61. The largest absolute Gasteiger partial charge is 0.505 e. The molecular weight excluding hydrogens is 472 g/mol. The van der Waals surface area contributed by atoms with E-state index < -0.39 is 17.2 Å². The lowest BCUT2D eigenvalue weighted by molar-refractivity contribution is 0.101. The lowest BCUT2D eigenvalue weighted by atomic mass is 10.1. The number of nitrogens with one attached hydrogen (secondary N) is 1. The topological polar surface area (TPSA) is 97.1 Å². The maximum Gasteiger partial charge on any atom is 0.279 e. The van der Waals surface area contributed by atoms with Crippen LogP contribution < -0.4 is 10.9 Å². The van der Waals surface area contributed by atoms with Gasteiger partial charge in [-0.2, -0.15) is 9.78 Å². The molecule has 178 valence electrons. The van der Waals surface area contributed by atoms with Crippen molar-refractivity contribution in [1.29, 1.82) is 0 Å². The zero-order valence-corrected chi connectivity index (χ0v) is 20.4. The summed E-state index contributed by atoms with van der Waals surface area (Å²) in [5.74, 6) is -1.11. The SMILES string of the molecule is Cc1cccc(-n2nc(C(=O)Nc3ccc(-c4nc(-c5ccccc5)sc4C)cc3)c(O)cc2=O)c1. The van der Waals surface area contributed by atoms with Gasteiger partial charge in [-0.3, -0.25) is 9.59 Å². The minimum Gasteiger partial charge on any atom is -0.505 e. The normalized spacial score (nSPS) is 10.8. The third-order valence-corrected chi connectivity index (χ3v) is 6.63. The second-order valence-corrected chi connectivity index (χ2v) is 9.49. The molecule has 5 aromatic rings. The molecule has 0 radical (unpaired) electrons. The molecule has 5 rings (SSSR count). The molecule has 0 aliphatic heterocycles. The Balaban J connectivity index is 1.38. The number of aromatic hydroxyl groups is 1. The van der Waals surface area contributed by atoms with Gasteiger partial charge < -0.3 is 10.4 Å². The molecule has 2 heterocycles. The lowest BCUT2D eigenvalue weighted by Gasteiger charge is -2.10. The second kappa shape index (κ2) is 9.59. The number of aryl methyl sites for hydroxylation is 2. The molecule has 2 aromatic heterocycles. The van der Waals surface area contributed by atoms with Crippen molar-refractivity contribution in [3.05, 3.63) is 111 Å². The fourth-order valence-electron chi connectivity index (χ4n) is 3.82. The standard InChI is InChI=1S/C28H22N4O3S/c1-17-7-6-10-22(15-17)32-24(34)16-23(33)26(31-32)27(35)29-21-13-11-19(12-14-21)25-18(2)36-28(30-25)20-8-4-3-5-9-20/h3-16,33H,1-2H3,(H,29,35). The van der Waals surface area contributed by atoms with E-state index in [-0.39, 0.29) is 5.69 Å². The van der Waals surface area contributed by atoms with Gasteiger partial charge in [-0.1, -0.05) is 54.6 Å². The summed E-state index contributed by atoms with van der Waals surface area (Å²) in [5.41, 5.74) is 4.07. The Kier molecular flexibility index (Phi) is 6.18. The Morgan fingerprint density at radius 3 is 2.39 bits per heavy atom. The summed E-state index contributed by atoms with van der Waals surface area (Å²) in [6.07, 6.45) is 0. The van der Waals surface area contributed by atoms with Gasteiger partial charge in [0.15, 0.2) is 11.4 Å². The fraction of sp³-hybridized carbons (Fsp3) is 0.0714. The van der Waals surface area contributed by atoms with Gasteiger partial charge in [0.1, 0.15) is 5.01 Å². The third kappa shape index (κ3) is 4.67. The van der Waals surface area contributed by atoms with Crippen molar-refractivity contribution >= 4 is 22.9 Å². The van der Waals surface area contributed by atoms with E-state index >= 15 is 0 Å². The summed E-state index contributed by atoms with van der Waals surface area (Å²) in [6.45, 7) is 3.93. The van der Waals surface area contributed by atoms with E-state index in [9.17, 15) is 14.7 Å². The lowest BCUT2D eigenvalue weighted by Crippen LogP contribution is -2.25. The van der Waals surface area contributed by atoms with E-state index in [4.69, 9.17) is 4.98 Å². The van der Waals surface area contributed by atoms with Gasteiger partial charge in [-0.05, 0) is 43.7 Å². The predicted molar refractivity (Wildman–Crippen MR) is 142 cm³/mol. The van der Waals surface area contributed by atoms with Crippen LogP contribution in [0, 0.1) is 13.8 Å². The first kappa shape index (κ1) is 23.2. The zero-order valence-electron chi connectivity index (χ0n) is 19.6. The van der Waals surface area contributed by atoms with Crippen LogP contribution in [0.2, 0.25) is 0 Å². The highest BCUT2D eigenvalue weighted by Gasteiger charge is 2.18. The van der Waals surface area contributed by atoms with Crippen molar-refractivity contribution in [3.8, 4) is 33.3 Å². The molecule has 3 aromatic carbocycles. The maximum atomic E-state index is 12.9. The predicted octanol–water partition coefficient (Wildman–Crippen LogP) is 5.60. The number of amides is 1. The van der Waals surface area contributed by atoms with Crippen LogP contribution in [0.3, 0.4) is 0 Å². The number of carbonyl (C=O) groups excluding carboxylic acids is 1. The van der Waals surface area contributed by atoms with Crippen molar-refractivity contribution in [1.82, 2.24) is 14.8 Å². The maximum absolute atomic E-state index is 12.9. The highest BCUT2D eigenvalue weighted by Crippen LogP contribution is 2.33. The van der Waals surface area contributed by atoms with E-state index in [1.165, 1.54) is 0 Å². The molecule has 0 unspecified atom stereocenters. The first-order valence-electron chi connectivity index (χ1n) is 11.2. The molecule has 2 N–H and O–H groups in total. The number of thiazole rings is 1. The first-order chi connectivity index (χ1) is 17.4. The van der Waals surface area contributed by atoms with Gasteiger partial charge in [-0.15, -0.1) is 11.3 Å². The van der Waals surface area contributed by atoms with Crippen molar-refractivity contribution in [2.45, 2.75) is 13.8 Å². The highest BCUT2D eigenvalue weighted by molar-refractivity contribution is 7.15. The summed E-state index contributed by atoms with van der Waals surface area (Å²) < 4.78 is 1.10. The molecule has 0 bridgehead atoms. The van der Waals surface area contributed by atoms with Gasteiger partial charge in [0.05, 0.1) is 11.4 Å². The summed E-state index contributed by atoms with van der Waals surface area (Å²) in [7, 11) is 0. The van der Waals surface area contributed by atoms with Gasteiger partial charge in [0.25, 0.3) is 11.5 Å². The number of hydrogen-bond donors (Lipinski definition) is 2. The average Bonchev–Trinajstić information content (AvgIpc) is 3.26. The Labute approximate surface area is 211 Å². The number of hydrogen-bond acceptors (Lipinski definition) is 6. The van der Waals surface area contributed by atoms with E-state index in [2.05, 4.69) is 10.4 Å². The van der Waals surface area contributed by atoms with E-state index in [1.807, 2.05) is 62.4 Å². The van der Waals surface area contributed by atoms with Crippen molar-refractivity contribution < 1.29 is 9.90 Å². The number of aromatic nitrogens is 3. The van der Waals surface area contributed by atoms with E-state index in [0.717, 1.165) is 43.0 Å². The quantitative estimate of drug-likeness (QED) is 0.332. The van der Waals surface area contributed by atoms with Crippen LogP contribution in [-0.2, 0) is 0 Å². The summed E-state index contributed by atoms with van der Waals surface area (Å²) >= 11 is 1.63. The molecule has 0 saturated carbocycles. The minimum atomic E-state index is -0.627. The smallest absolute Gasteiger partial charge is 0.279 e. The molecule has 1 amide bonds. The average molecular weight is 495 g/mol. The Bertz CT molecular complexity index is 1620. The van der Waals surface area contributed by atoms with E-state index in [1.54, 1.807) is 41.7 Å². The molecule has 36 heavy (non-hydrogen) atoms. The second-order valence-electron chi connectivity index (χ2n) is 8.29. The molecule has 0 spiro atoms. The number of anilines is 1. The summed E-state index contributed by atoms with van der Waals surface area (Å²) in [6, 6.07) is 25.5. The molecule has 8 heteroatoms. The molecule has 0 aliphatic carbocycles. The molecule has 0 aliphatic rings. The number of carbonyl (C=O) groups is 1. The van der Waals surface area contributed by atoms with Gasteiger partial charge in [-0.25, -0.2) is 4.98 Å². The number of rotatable bonds is 5. The number of benzene rings is 3. The van der Waals surface area contributed by atoms with Crippen molar-refractivity contribution in [2.75, 3.05) is 5.32 Å². The summed E-state index contributed by atoms with van der Waals surface area (Å²) in [5, 5.41) is 18.1. The van der Waals surface area contributed by atoms with Crippen LogP contribution in [0.5, 0.6) is 5.75 Å². The highest BCUT2D eigenvalue weighted by atomic mass is 32.1. The molecule has 0 saturated heterocycles. The van der Waals surface area contributed by atoms with Gasteiger partial charge in [0.2, 0.25) is 0 Å². The summed E-state index contributed by atoms with van der Waals surface area (Å²) in [4.78, 5) is 31.2. The molecule has 0 atom stereocenters. The van der Waals surface area contributed by atoms with Crippen molar-refractivity contribution in [2.24, 2.45) is 0 Å². The monoisotopic (exact) mass is 494 g/mol. The molecular formula is C28H22N4O3S. The van der Waals surface area contributed by atoms with E-state index in [0.29, 0.717) is 11.4 Å². The van der Waals surface area contributed by atoms with Gasteiger partial charge >= 0.3 is 0 Å².